The zero-order valence-electron chi connectivity index (χ0n) is 47.8. The van der Waals surface area contributed by atoms with E-state index in [9.17, 15) is 0 Å². The Bertz CT molecular complexity index is 3000. The van der Waals surface area contributed by atoms with Crippen molar-refractivity contribution in [3.05, 3.63) is 323 Å². The summed E-state index contributed by atoms with van der Waals surface area (Å²) in [7, 11) is 0. The van der Waals surface area contributed by atoms with Gasteiger partial charge in [0.1, 0.15) is 18.3 Å². The third-order valence-corrected chi connectivity index (χ3v) is 15.5. The van der Waals surface area contributed by atoms with Crippen molar-refractivity contribution in [2.45, 2.75) is 109 Å². The molecule has 7 nitrogen and oxygen atoms in total. The van der Waals surface area contributed by atoms with Crippen molar-refractivity contribution in [2.24, 2.45) is 11.8 Å². The van der Waals surface area contributed by atoms with Gasteiger partial charge in [-0.05, 0) is 62.4 Å². The summed E-state index contributed by atoms with van der Waals surface area (Å²) < 4.78 is 50.8. The summed E-state index contributed by atoms with van der Waals surface area (Å²) in [6, 6.07) is 94.6. The van der Waals surface area contributed by atoms with E-state index in [-0.39, 0.29) is 50.5 Å². The molecule has 0 aliphatic carbocycles. The van der Waals surface area contributed by atoms with Gasteiger partial charge >= 0.3 is 0 Å². The average molecular weight is 1090 g/mol. The lowest BCUT2D eigenvalue weighted by atomic mass is 9.65. The van der Waals surface area contributed by atoms with Crippen LogP contribution in [0.4, 0.5) is 0 Å². The van der Waals surface area contributed by atoms with Crippen LogP contribution in [-0.2, 0) is 78.2 Å². The van der Waals surface area contributed by atoms with Crippen LogP contribution in [0.1, 0.15) is 77.3 Å². The number of hydrogen-bond acceptors (Lipinski definition) is 7. The van der Waals surface area contributed by atoms with Crippen molar-refractivity contribution in [1.29, 1.82) is 0 Å². The van der Waals surface area contributed by atoms with Crippen LogP contribution in [0.5, 0.6) is 0 Å². The summed E-state index contributed by atoms with van der Waals surface area (Å²) in [4.78, 5) is 0. The Hall–Kier alpha value is -7.30. The van der Waals surface area contributed by atoms with Crippen molar-refractivity contribution in [3.8, 4) is 0 Å². The first-order valence-corrected chi connectivity index (χ1v) is 29.1. The van der Waals surface area contributed by atoms with Gasteiger partial charge in [-0.15, -0.1) is 0 Å². The number of hydrogen-bond donors (Lipinski definition) is 0. The maximum Gasteiger partial charge on any atom is 0.115 e. The fourth-order valence-corrected chi connectivity index (χ4v) is 11.1. The first-order chi connectivity index (χ1) is 40.4. The normalized spacial score (nSPS) is 14.3. The van der Waals surface area contributed by atoms with Gasteiger partial charge in [0, 0.05) is 11.3 Å². The predicted octanol–water partition coefficient (Wildman–Crippen LogP) is 16.2. The van der Waals surface area contributed by atoms with Crippen LogP contribution in [0.2, 0.25) is 0 Å². The Balaban J connectivity index is 1.15. The number of benzene rings is 9. The fourth-order valence-electron chi connectivity index (χ4n) is 11.1. The van der Waals surface area contributed by atoms with E-state index >= 15 is 0 Å². The van der Waals surface area contributed by atoms with Gasteiger partial charge in [0.15, 0.2) is 0 Å². The molecule has 0 unspecified atom stereocenters. The minimum atomic E-state index is -0.757. The molecule has 9 aromatic rings. The largest absolute Gasteiger partial charge is 0.376 e. The van der Waals surface area contributed by atoms with Gasteiger partial charge in [-0.25, -0.2) is 0 Å². The molecule has 0 aliphatic heterocycles. The summed E-state index contributed by atoms with van der Waals surface area (Å²) >= 11 is 0. The molecule has 422 valence electrons. The van der Waals surface area contributed by atoms with Gasteiger partial charge in [-0.1, -0.05) is 294 Å². The number of rotatable bonds is 33. The number of ether oxygens (including phenoxy) is 7. The van der Waals surface area contributed by atoms with Gasteiger partial charge in [0.25, 0.3) is 0 Å². The summed E-state index contributed by atoms with van der Waals surface area (Å²) in [5.41, 5.74) is 8.99. The molecule has 9 rings (SSSR count). The quantitative estimate of drug-likeness (QED) is 0.0380. The molecule has 0 aromatic heterocycles. The SMILES string of the molecule is CC(C)[C@@H](OCc1ccccc1)[C@H](C)[C@@H](COC[C@H](OCc1ccccc1)[C@H](OCc1ccccc1)[C@@H](OCc1ccccc1)[C@H](CC(c1ccccc1)(c1ccccc1)c1ccccc1)OCc1ccccc1)OCc1ccccc1. The Labute approximate surface area is 487 Å². The van der Waals surface area contributed by atoms with Gasteiger partial charge in [-0.2, -0.15) is 0 Å². The van der Waals surface area contributed by atoms with Crippen molar-refractivity contribution in [2.75, 3.05) is 13.2 Å². The van der Waals surface area contributed by atoms with Gasteiger partial charge in [0.2, 0.25) is 0 Å². The van der Waals surface area contributed by atoms with Crippen molar-refractivity contribution in [1.82, 2.24) is 0 Å². The highest BCUT2D eigenvalue weighted by Gasteiger charge is 2.46. The monoisotopic (exact) mass is 1090 g/mol. The van der Waals surface area contributed by atoms with E-state index in [2.05, 4.69) is 233 Å². The van der Waals surface area contributed by atoms with Crippen molar-refractivity contribution < 1.29 is 33.2 Å². The maximum atomic E-state index is 7.56. The summed E-state index contributed by atoms with van der Waals surface area (Å²) in [6.07, 6.45) is -2.82. The fraction of sp³-hybridized carbons (Fsp3) is 0.280. The van der Waals surface area contributed by atoms with E-state index in [0.29, 0.717) is 32.8 Å². The minimum Gasteiger partial charge on any atom is -0.376 e. The Morgan fingerprint density at radius 3 is 0.829 bits per heavy atom. The molecular formula is C75H80O7. The third-order valence-electron chi connectivity index (χ3n) is 15.5. The van der Waals surface area contributed by atoms with Crippen LogP contribution in [-0.4, -0.2) is 49.8 Å². The lowest BCUT2D eigenvalue weighted by Gasteiger charge is -2.43. The Morgan fingerprint density at radius 2 is 0.512 bits per heavy atom. The molecule has 0 saturated carbocycles. The molecule has 9 aromatic carbocycles. The standard InChI is InChI=1S/C75H80O7/c1-58(2)72(80-53-63-37-19-7-20-38-63)59(3)70(78-51-61-33-15-5-16-34-61)56-76-57-71(79-52-62-35-17-6-18-36-62)74(82-55-65-41-23-9-24-42-65)73(81-54-64-39-21-8-22-40-64)69(77-50-60-31-13-4-14-32-60)49-75(66-43-25-10-26-44-66,67-45-27-11-28-46-67)68-47-29-12-30-48-68/h4-48,58-59,69-74H,49-57H2,1-3H3/t59-,69+,70-,71+,72-,73+,74+/m1/s1. The predicted molar refractivity (Wildman–Crippen MR) is 329 cm³/mol. The summed E-state index contributed by atoms with van der Waals surface area (Å²) in [5.74, 6) is 0.144. The second-order valence-electron chi connectivity index (χ2n) is 21.6. The van der Waals surface area contributed by atoms with Crippen molar-refractivity contribution >= 4 is 0 Å². The molecule has 7 atom stereocenters. The molecule has 0 radical (unpaired) electrons. The van der Waals surface area contributed by atoms with E-state index in [1.807, 2.05) is 60.7 Å². The molecule has 0 fully saturated rings. The Morgan fingerprint density at radius 1 is 0.268 bits per heavy atom. The summed E-state index contributed by atoms with van der Waals surface area (Å²) in [6.45, 7) is 9.19. The Kier molecular flexibility index (Phi) is 23.0. The van der Waals surface area contributed by atoms with Crippen LogP contribution < -0.4 is 0 Å². The minimum absolute atomic E-state index is 0.0546. The van der Waals surface area contributed by atoms with Crippen LogP contribution in [0.3, 0.4) is 0 Å². The molecule has 7 heteroatoms. The molecule has 0 N–H and O–H groups in total. The van der Waals surface area contributed by atoms with Crippen molar-refractivity contribution in [3.63, 3.8) is 0 Å². The molecule has 0 aliphatic rings. The van der Waals surface area contributed by atoms with E-state index in [1.54, 1.807) is 0 Å². The van der Waals surface area contributed by atoms with Gasteiger partial charge < -0.3 is 33.2 Å². The molecule has 0 heterocycles. The highest BCUT2D eigenvalue weighted by molar-refractivity contribution is 5.50. The van der Waals surface area contributed by atoms with Crippen LogP contribution >= 0.6 is 0 Å². The molecule has 82 heavy (non-hydrogen) atoms. The smallest absolute Gasteiger partial charge is 0.115 e. The second-order valence-corrected chi connectivity index (χ2v) is 21.6. The van der Waals surface area contributed by atoms with Crippen LogP contribution in [0.15, 0.2) is 273 Å². The average Bonchev–Trinajstić information content (AvgIpc) is 2.24. The summed E-state index contributed by atoms with van der Waals surface area (Å²) in [5, 5.41) is 0. The highest BCUT2D eigenvalue weighted by atomic mass is 16.6. The first kappa shape index (κ1) is 59.3. The van der Waals surface area contributed by atoms with Gasteiger partial charge in [-0.3, -0.25) is 0 Å². The van der Waals surface area contributed by atoms with E-state index in [4.69, 9.17) is 33.2 Å². The first-order valence-electron chi connectivity index (χ1n) is 29.1. The van der Waals surface area contributed by atoms with Crippen LogP contribution in [0, 0.1) is 11.8 Å². The molecule has 0 bridgehead atoms. The molecule has 0 amide bonds. The van der Waals surface area contributed by atoms with Gasteiger partial charge in [0.05, 0.1) is 71.2 Å². The van der Waals surface area contributed by atoms with E-state index in [0.717, 1.165) is 50.1 Å². The van der Waals surface area contributed by atoms with E-state index < -0.39 is 29.8 Å². The lowest BCUT2D eigenvalue weighted by Crippen LogP contribution is -2.53. The second kappa shape index (κ2) is 31.8. The zero-order chi connectivity index (χ0) is 56.4. The van der Waals surface area contributed by atoms with Crippen LogP contribution in [0.25, 0.3) is 0 Å². The van der Waals surface area contributed by atoms with E-state index in [1.165, 1.54) is 0 Å². The zero-order valence-corrected chi connectivity index (χ0v) is 47.8. The third kappa shape index (κ3) is 17.1. The lowest BCUT2D eigenvalue weighted by molar-refractivity contribution is -0.204. The topological polar surface area (TPSA) is 64.6 Å². The maximum absolute atomic E-state index is 7.56. The molecule has 0 spiro atoms. The molecular weight excluding hydrogens is 1010 g/mol. The molecule has 0 saturated heterocycles. The highest BCUT2D eigenvalue weighted by Crippen LogP contribution is 2.45.